The van der Waals surface area contributed by atoms with Crippen LogP contribution in [0.3, 0.4) is 0 Å². The normalized spacial score (nSPS) is 20.4. The lowest BCUT2D eigenvalue weighted by Crippen LogP contribution is -2.47. The Balaban J connectivity index is 1.86. The van der Waals surface area contributed by atoms with Gasteiger partial charge in [-0.3, -0.25) is 9.69 Å². The molecule has 0 radical (unpaired) electrons. The van der Waals surface area contributed by atoms with Gasteiger partial charge in [-0.25, -0.2) is 4.68 Å². The number of benzene rings is 1. The Kier molecular flexibility index (Phi) is 5.10. The fourth-order valence-corrected chi connectivity index (χ4v) is 3.34. The summed E-state index contributed by atoms with van der Waals surface area (Å²) in [5, 5.41) is 12.2. The highest BCUT2D eigenvalue weighted by Crippen LogP contribution is 2.35. The van der Waals surface area contributed by atoms with Crippen molar-refractivity contribution in [3.63, 3.8) is 0 Å². The molecular formula is C17H24N6O2. The predicted octanol–water partition coefficient (Wildman–Crippen LogP) is 0.623. The van der Waals surface area contributed by atoms with Crippen LogP contribution in [0.4, 0.5) is 0 Å². The number of likely N-dealkylation sites (tertiary alicyclic amines) is 1. The van der Waals surface area contributed by atoms with Crippen molar-refractivity contribution >= 4 is 5.91 Å². The molecule has 1 aliphatic rings. The summed E-state index contributed by atoms with van der Waals surface area (Å²) in [6, 6.07) is 9.37. The first kappa shape index (κ1) is 17.5. The highest BCUT2D eigenvalue weighted by Gasteiger charge is 2.47. The molecule has 8 heteroatoms. The Morgan fingerprint density at radius 2 is 2.08 bits per heavy atom. The summed E-state index contributed by atoms with van der Waals surface area (Å²) in [7, 11) is 5.67. The van der Waals surface area contributed by atoms with Crippen LogP contribution in [0.5, 0.6) is 0 Å². The summed E-state index contributed by atoms with van der Waals surface area (Å²) in [6.45, 7) is 2.35. The molecule has 0 bridgehead atoms. The quantitative estimate of drug-likeness (QED) is 0.765. The van der Waals surface area contributed by atoms with Crippen LogP contribution in [0, 0.1) is 0 Å². The molecule has 1 aromatic carbocycles. The molecule has 0 saturated carbocycles. The fourth-order valence-electron chi connectivity index (χ4n) is 3.34. The zero-order valence-corrected chi connectivity index (χ0v) is 14.9. The molecule has 1 amide bonds. The summed E-state index contributed by atoms with van der Waals surface area (Å²) in [5.74, 6) is 0.818. The van der Waals surface area contributed by atoms with Gasteiger partial charge in [0.25, 0.3) is 5.91 Å². The van der Waals surface area contributed by atoms with E-state index in [0.717, 1.165) is 12.2 Å². The lowest BCUT2D eigenvalue weighted by atomic mass is 9.96. The number of hydrogen-bond acceptors (Lipinski definition) is 6. The molecule has 1 unspecified atom stereocenters. The van der Waals surface area contributed by atoms with Crippen molar-refractivity contribution in [1.82, 2.24) is 30.0 Å². The maximum atomic E-state index is 12.8. The van der Waals surface area contributed by atoms with Crippen LogP contribution in [0.25, 0.3) is 0 Å². The van der Waals surface area contributed by atoms with Crippen molar-refractivity contribution in [2.75, 3.05) is 40.9 Å². The van der Waals surface area contributed by atoms with Crippen molar-refractivity contribution in [1.29, 1.82) is 0 Å². The molecule has 8 nitrogen and oxygen atoms in total. The van der Waals surface area contributed by atoms with E-state index in [1.165, 1.54) is 0 Å². The van der Waals surface area contributed by atoms with Crippen LogP contribution < -0.4 is 0 Å². The Morgan fingerprint density at radius 3 is 2.76 bits per heavy atom. The third-order valence-corrected chi connectivity index (χ3v) is 4.87. The van der Waals surface area contributed by atoms with Gasteiger partial charge in [-0.05, 0) is 43.1 Å². The first-order chi connectivity index (χ1) is 12.1. The number of amides is 1. The lowest BCUT2D eigenvalue weighted by Gasteiger charge is -2.34. The second-order valence-corrected chi connectivity index (χ2v) is 6.49. The molecular weight excluding hydrogens is 320 g/mol. The van der Waals surface area contributed by atoms with Gasteiger partial charge in [0.1, 0.15) is 5.54 Å². The minimum atomic E-state index is -0.401. The van der Waals surface area contributed by atoms with Crippen LogP contribution in [0.2, 0.25) is 0 Å². The van der Waals surface area contributed by atoms with E-state index in [4.69, 9.17) is 4.74 Å². The van der Waals surface area contributed by atoms with Gasteiger partial charge in [-0.1, -0.05) is 18.2 Å². The van der Waals surface area contributed by atoms with E-state index >= 15 is 0 Å². The first-order valence-electron chi connectivity index (χ1n) is 8.36. The van der Waals surface area contributed by atoms with Gasteiger partial charge in [0.2, 0.25) is 0 Å². The molecule has 25 heavy (non-hydrogen) atoms. The average Bonchev–Trinajstić information content (AvgIpc) is 3.27. The van der Waals surface area contributed by atoms with E-state index in [-0.39, 0.29) is 5.91 Å². The number of carbonyl (C=O) groups excluding carboxylic acids is 1. The lowest BCUT2D eigenvalue weighted by molar-refractivity contribution is 0.0736. The van der Waals surface area contributed by atoms with E-state index in [1.807, 2.05) is 49.3 Å². The number of hydrogen-bond donors (Lipinski definition) is 0. The summed E-state index contributed by atoms with van der Waals surface area (Å²) in [4.78, 5) is 16.8. The average molecular weight is 344 g/mol. The maximum absolute atomic E-state index is 12.8. The molecule has 1 fully saturated rings. The molecule has 2 heterocycles. The number of tetrazole rings is 1. The standard InChI is InChI=1S/C17H24N6O2/c1-21(2)17(16-18-19-20-23(16)11-12-25-3)9-10-22(13-17)15(24)14-7-5-4-6-8-14/h4-8H,9-13H2,1-3H3. The van der Waals surface area contributed by atoms with E-state index in [9.17, 15) is 4.79 Å². The Labute approximate surface area is 147 Å². The number of nitrogens with zero attached hydrogens (tertiary/aromatic N) is 6. The largest absolute Gasteiger partial charge is 0.383 e. The zero-order chi connectivity index (χ0) is 17.9. The topological polar surface area (TPSA) is 76.4 Å². The molecule has 1 saturated heterocycles. The Hall–Kier alpha value is -2.32. The molecule has 1 atom stereocenters. The third-order valence-electron chi connectivity index (χ3n) is 4.87. The molecule has 2 aromatic rings. The van der Waals surface area contributed by atoms with Gasteiger partial charge in [0.15, 0.2) is 5.82 Å². The first-order valence-corrected chi connectivity index (χ1v) is 8.36. The van der Waals surface area contributed by atoms with Gasteiger partial charge in [0, 0.05) is 25.8 Å². The van der Waals surface area contributed by atoms with Gasteiger partial charge in [-0.15, -0.1) is 5.10 Å². The second kappa shape index (κ2) is 7.28. The van der Waals surface area contributed by atoms with Crippen LogP contribution >= 0.6 is 0 Å². The van der Waals surface area contributed by atoms with Gasteiger partial charge in [-0.2, -0.15) is 0 Å². The number of carbonyl (C=O) groups is 1. The van der Waals surface area contributed by atoms with Crippen molar-refractivity contribution in [3.8, 4) is 0 Å². The Bertz CT molecular complexity index is 717. The highest BCUT2D eigenvalue weighted by atomic mass is 16.5. The number of methoxy groups -OCH3 is 1. The summed E-state index contributed by atoms with van der Waals surface area (Å²) < 4.78 is 6.93. The van der Waals surface area contributed by atoms with E-state index in [0.29, 0.717) is 31.8 Å². The van der Waals surface area contributed by atoms with Crippen LogP contribution in [0.15, 0.2) is 30.3 Å². The molecule has 1 aromatic heterocycles. The molecule has 134 valence electrons. The van der Waals surface area contributed by atoms with E-state index in [1.54, 1.807) is 11.8 Å². The van der Waals surface area contributed by atoms with Crippen LogP contribution in [0.1, 0.15) is 22.6 Å². The van der Waals surface area contributed by atoms with Gasteiger partial charge < -0.3 is 9.64 Å². The van der Waals surface area contributed by atoms with Crippen molar-refractivity contribution in [3.05, 3.63) is 41.7 Å². The SMILES string of the molecule is COCCn1nnnc1C1(N(C)C)CCN(C(=O)c2ccccc2)C1. The predicted molar refractivity (Wildman–Crippen MR) is 92.0 cm³/mol. The smallest absolute Gasteiger partial charge is 0.253 e. The molecule has 1 aliphatic heterocycles. The highest BCUT2D eigenvalue weighted by molar-refractivity contribution is 5.94. The molecule has 0 N–H and O–H groups in total. The maximum Gasteiger partial charge on any atom is 0.253 e. The van der Waals surface area contributed by atoms with E-state index < -0.39 is 5.54 Å². The number of rotatable bonds is 6. The summed E-state index contributed by atoms with van der Waals surface area (Å²) >= 11 is 0. The van der Waals surface area contributed by atoms with Crippen molar-refractivity contribution in [2.45, 2.75) is 18.5 Å². The summed E-state index contributed by atoms with van der Waals surface area (Å²) in [5.41, 5.74) is 0.304. The van der Waals surface area contributed by atoms with E-state index in [2.05, 4.69) is 20.4 Å². The minimum absolute atomic E-state index is 0.0419. The third kappa shape index (κ3) is 3.27. The van der Waals surface area contributed by atoms with Crippen LogP contribution in [-0.4, -0.2) is 76.8 Å². The molecule has 0 spiro atoms. The zero-order valence-electron chi connectivity index (χ0n) is 14.9. The fraction of sp³-hybridized carbons (Fsp3) is 0.529. The second-order valence-electron chi connectivity index (χ2n) is 6.49. The Morgan fingerprint density at radius 1 is 1.32 bits per heavy atom. The van der Waals surface area contributed by atoms with Crippen LogP contribution in [-0.2, 0) is 16.8 Å². The van der Waals surface area contributed by atoms with Crippen molar-refractivity contribution in [2.24, 2.45) is 0 Å². The monoisotopic (exact) mass is 344 g/mol. The molecule has 3 rings (SSSR count). The van der Waals surface area contributed by atoms with Gasteiger partial charge in [0.05, 0.1) is 13.2 Å². The van der Waals surface area contributed by atoms with Crippen molar-refractivity contribution < 1.29 is 9.53 Å². The minimum Gasteiger partial charge on any atom is -0.383 e. The molecule has 0 aliphatic carbocycles. The number of likely N-dealkylation sites (N-methyl/N-ethyl adjacent to an activating group) is 1. The number of ether oxygens (including phenoxy) is 1. The summed E-state index contributed by atoms with van der Waals surface area (Å²) in [6.07, 6.45) is 0.784. The number of aromatic nitrogens is 4. The van der Waals surface area contributed by atoms with Gasteiger partial charge >= 0.3 is 0 Å².